The number of halogens is 2. The molecule has 0 saturated carbocycles. The normalized spacial score (nSPS) is 25.6. The Morgan fingerprint density at radius 2 is 2.30 bits per heavy atom. The SMILES string of the molecule is C[C@@]1(F)C[C@@H](C(=O)Nc2cncc(Br)n2)N(C(=O)O)C1. The number of aromatic nitrogens is 2. The molecule has 1 fully saturated rings. The van der Waals surface area contributed by atoms with Crippen molar-refractivity contribution in [3.63, 3.8) is 0 Å². The first-order chi connectivity index (χ1) is 9.28. The highest BCUT2D eigenvalue weighted by atomic mass is 79.9. The molecule has 2 N–H and O–H groups in total. The average Bonchev–Trinajstić information content (AvgIpc) is 2.66. The quantitative estimate of drug-likeness (QED) is 0.848. The summed E-state index contributed by atoms with van der Waals surface area (Å²) in [5.41, 5.74) is -1.72. The summed E-state index contributed by atoms with van der Waals surface area (Å²) in [4.78, 5) is 31.7. The van der Waals surface area contributed by atoms with E-state index in [0.29, 0.717) is 4.60 Å². The molecule has 0 unspecified atom stereocenters. The second kappa shape index (κ2) is 5.31. The molecular formula is C11H12BrFN4O3. The van der Waals surface area contributed by atoms with E-state index in [-0.39, 0.29) is 18.8 Å². The lowest BCUT2D eigenvalue weighted by molar-refractivity contribution is -0.120. The van der Waals surface area contributed by atoms with Crippen LogP contribution in [0, 0.1) is 0 Å². The molecule has 1 saturated heterocycles. The zero-order chi connectivity index (χ0) is 14.9. The number of carboxylic acid groups (broad SMARTS) is 1. The summed E-state index contributed by atoms with van der Waals surface area (Å²) in [6.07, 6.45) is 1.24. The van der Waals surface area contributed by atoms with Crippen LogP contribution >= 0.6 is 15.9 Å². The molecule has 1 aromatic rings. The predicted molar refractivity (Wildman–Crippen MR) is 71.0 cm³/mol. The van der Waals surface area contributed by atoms with Gasteiger partial charge in [0.1, 0.15) is 16.3 Å². The molecular weight excluding hydrogens is 335 g/mol. The van der Waals surface area contributed by atoms with Gasteiger partial charge >= 0.3 is 6.09 Å². The van der Waals surface area contributed by atoms with E-state index in [1.165, 1.54) is 19.3 Å². The van der Waals surface area contributed by atoms with Crippen molar-refractivity contribution in [3.05, 3.63) is 17.0 Å². The summed E-state index contributed by atoms with van der Waals surface area (Å²) >= 11 is 3.10. The fourth-order valence-electron chi connectivity index (χ4n) is 2.09. The highest BCUT2D eigenvalue weighted by Crippen LogP contribution is 2.30. The molecule has 0 bridgehead atoms. The van der Waals surface area contributed by atoms with E-state index in [9.17, 15) is 14.0 Å². The zero-order valence-corrected chi connectivity index (χ0v) is 12.1. The Morgan fingerprint density at radius 1 is 1.60 bits per heavy atom. The third-order valence-electron chi connectivity index (χ3n) is 2.90. The van der Waals surface area contributed by atoms with Gasteiger partial charge in [0, 0.05) is 6.42 Å². The van der Waals surface area contributed by atoms with Crippen molar-refractivity contribution < 1.29 is 19.1 Å². The van der Waals surface area contributed by atoms with Crippen LogP contribution in [0.3, 0.4) is 0 Å². The van der Waals surface area contributed by atoms with Gasteiger partial charge in [0.2, 0.25) is 5.91 Å². The van der Waals surface area contributed by atoms with Gasteiger partial charge in [-0.2, -0.15) is 0 Å². The van der Waals surface area contributed by atoms with E-state index in [2.05, 4.69) is 31.2 Å². The highest BCUT2D eigenvalue weighted by molar-refractivity contribution is 9.10. The molecule has 1 aromatic heterocycles. The number of hydrogen-bond acceptors (Lipinski definition) is 4. The summed E-state index contributed by atoms with van der Waals surface area (Å²) in [7, 11) is 0. The maximum Gasteiger partial charge on any atom is 0.408 e. The first kappa shape index (κ1) is 14.6. The number of hydrogen-bond donors (Lipinski definition) is 2. The van der Waals surface area contributed by atoms with E-state index in [1.54, 1.807) is 0 Å². The fourth-order valence-corrected chi connectivity index (χ4v) is 2.40. The lowest BCUT2D eigenvalue weighted by Gasteiger charge is -2.19. The molecule has 0 aromatic carbocycles. The van der Waals surface area contributed by atoms with Gasteiger partial charge < -0.3 is 10.4 Å². The maximum absolute atomic E-state index is 13.9. The smallest absolute Gasteiger partial charge is 0.408 e. The van der Waals surface area contributed by atoms with E-state index < -0.39 is 23.7 Å². The molecule has 2 heterocycles. The van der Waals surface area contributed by atoms with Gasteiger partial charge in [0.05, 0.1) is 18.9 Å². The van der Waals surface area contributed by atoms with Crippen molar-refractivity contribution in [2.24, 2.45) is 0 Å². The summed E-state index contributed by atoms with van der Waals surface area (Å²) in [5, 5.41) is 11.5. The van der Waals surface area contributed by atoms with Gasteiger partial charge in [0.25, 0.3) is 0 Å². The number of nitrogens with one attached hydrogen (secondary N) is 1. The number of carbonyl (C=O) groups is 2. The Kier molecular flexibility index (Phi) is 3.89. The Balaban J connectivity index is 2.13. The lowest BCUT2D eigenvalue weighted by Crippen LogP contribution is -2.42. The monoisotopic (exact) mass is 346 g/mol. The topological polar surface area (TPSA) is 95.4 Å². The molecule has 1 aliphatic rings. The third kappa shape index (κ3) is 3.21. The lowest BCUT2D eigenvalue weighted by atomic mass is 10.0. The number of carbonyl (C=O) groups excluding carboxylic acids is 1. The molecule has 20 heavy (non-hydrogen) atoms. The van der Waals surface area contributed by atoms with Crippen LogP contribution in [0.5, 0.6) is 0 Å². The highest BCUT2D eigenvalue weighted by Gasteiger charge is 2.46. The van der Waals surface area contributed by atoms with Gasteiger partial charge in [-0.3, -0.25) is 14.7 Å². The first-order valence-electron chi connectivity index (χ1n) is 5.75. The molecule has 2 amide bonds. The van der Waals surface area contributed by atoms with Gasteiger partial charge in [-0.05, 0) is 22.9 Å². The Bertz CT molecular complexity index is 554. The first-order valence-corrected chi connectivity index (χ1v) is 6.55. The molecule has 7 nitrogen and oxygen atoms in total. The van der Waals surface area contributed by atoms with Crippen molar-refractivity contribution in [3.8, 4) is 0 Å². The van der Waals surface area contributed by atoms with Gasteiger partial charge in [-0.1, -0.05) is 0 Å². The number of rotatable bonds is 2. The number of nitrogens with zero attached hydrogens (tertiary/aromatic N) is 3. The molecule has 2 rings (SSSR count). The summed E-state index contributed by atoms with van der Waals surface area (Å²) in [6.45, 7) is 0.944. The minimum atomic E-state index is -1.72. The summed E-state index contributed by atoms with van der Waals surface area (Å²) < 4.78 is 14.3. The number of anilines is 1. The Labute approximate surface area is 122 Å². The van der Waals surface area contributed by atoms with Crippen LogP contribution in [-0.4, -0.2) is 50.2 Å². The molecule has 108 valence electrons. The van der Waals surface area contributed by atoms with Crippen molar-refractivity contribution in [2.45, 2.75) is 25.1 Å². The number of likely N-dealkylation sites (tertiary alicyclic amines) is 1. The van der Waals surface area contributed by atoms with Crippen LogP contribution in [0.2, 0.25) is 0 Å². The van der Waals surface area contributed by atoms with Crippen molar-refractivity contribution in [2.75, 3.05) is 11.9 Å². The van der Waals surface area contributed by atoms with E-state index in [1.807, 2.05) is 0 Å². The molecule has 0 aliphatic carbocycles. The van der Waals surface area contributed by atoms with Crippen LogP contribution < -0.4 is 5.32 Å². The average molecular weight is 347 g/mol. The van der Waals surface area contributed by atoms with Gasteiger partial charge in [-0.25, -0.2) is 14.2 Å². The van der Waals surface area contributed by atoms with Crippen LogP contribution in [0.4, 0.5) is 15.0 Å². The summed E-state index contributed by atoms with van der Waals surface area (Å²) in [6, 6.07) is -1.08. The van der Waals surface area contributed by atoms with Crippen LogP contribution in [0.25, 0.3) is 0 Å². The minimum Gasteiger partial charge on any atom is -0.465 e. The largest absolute Gasteiger partial charge is 0.465 e. The number of amides is 2. The minimum absolute atomic E-state index is 0.169. The summed E-state index contributed by atoms with van der Waals surface area (Å²) in [5.74, 6) is -0.455. The van der Waals surface area contributed by atoms with Crippen molar-refractivity contribution >= 4 is 33.7 Å². The number of alkyl halides is 1. The molecule has 0 spiro atoms. The fraction of sp³-hybridized carbons (Fsp3) is 0.455. The molecule has 2 atom stereocenters. The van der Waals surface area contributed by atoms with Crippen LogP contribution in [0.1, 0.15) is 13.3 Å². The Hall–Kier alpha value is -1.77. The Morgan fingerprint density at radius 3 is 2.90 bits per heavy atom. The van der Waals surface area contributed by atoms with E-state index in [4.69, 9.17) is 5.11 Å². The van der Waals surface area contributed by atoms with E-state index in [0.717, 1.165) is 4.90 Å². The van der Waals surface area contributed by atoms with E-state index >= 15 is 0 Å². The second-order valence-corrected chi connectivity index (χ2v) is 5.57. The van der Waals surface area contributed by atoms with Crippen LogP contribution in [-0.2, 0) is 4.79 Å². The molecule has 1 aliphatic heterocycles. The third-order valence-corrected chi connectivity index (χ3v) is 3.28. The van der Waals surface area contributed by atoms with Crippen molar-refractivity contribution in [1.29, 1.82) is 0 Å². The zero-order valence-electron chi connectivity index (χ0n) is 10.5. The van der Waals surface area contributed by atoms with Gasteiger partial charge in [0.15, 0.2) is 5.82 Å². The molecule has 0 radical (unpaired) electrons. The standard InChI is InChI=1S/C11H12BrFN4O3/c1-11(13)2-6(17(5-11)10(19)20)9(18)16-8-4-14-3-7(12)15-8/h3-4,6H,2,5H2,1H3,(H,19,20)(H,15,16,18)/t6-,11+/m0/s1. The maximum atomic E-state index is 13.9. The van der Waals surface area contributed by atoms with Crippen LogP contribution in [0.15, 0.2) is 17.0 Å². The predicted octanol–water partition coefficient (Wildman–Crippen LogP) is 1.66. The van der Waals surface area contributed by atoms with Crippen molar-refractivity contribution in [1.82, 2.24) is 14.9 Å². The van der Waals surface area contributed by atoms with Gasteiger partial charge in [-0.15, -0.1) is 0 Å². The molecule has 9 heteroatoms. The second-order valence-electron chi connectivity index (χ2n) is 4.76.